The highest BCUT2D eigenvalue weighted by Gasteiger charge is 2.10. The quantitative estimate of drug-likeness (QED) is 0.569. The van der Waals surface area contributed by atoms with E-state index in [1.54, 1.807) is 6.07 Å². The van der Waals surface area contributed by atoms with Crippen molar-refractivity contribution in [2.75, 3.05) is 44.3 Å². The molecule has 2 N–H and O–H groups in total. The van der Waals surface area contributed by atoms with Crippen LogP contribution in [0.15, 0.2) is 53.5 Å². The molecule has 1 saturated heterocycles. The Hall–Kier alpha value is -2.60. The van der Waals surface area contributed by atoms with Crippen LogP contribution in [-0.2, 0) is 17.7 Å². The van der Waals surface area contributed by atoms with E-state index in [4.69, 9.17) is 4.74 Å². The first-order valence-corrected chi connectivity index (χ1v) is 9.93. The molecule has 28 heavy (non-hydrogen) atoms. The van der Waals surface area contributed by atoms with E-state index in [2.05, 4.69) is 44.8 Å². The zero-order chi connectivity index (χ0) is 19.6. The normalized spacial score (nSPS) is 14.8. The van der Waals surface area contributed by atoms with E-state index in [-0.39, 0.29) is 5.82 Å². The van der Waals surface area contributed by atoms with Gasteiger partial charge in [0.1, 0.15) is 5.82 Å². The maximum Gasteiger partial charge on any atom is 0.191 e. The molecule has 3 rings (SSSR count). The van der Waals surface area contributed by atoms with Gasteiger partial charge in [0.15, 0.2) is 5.96 Å². The van der Waals surface area contributed by atoms with Crippen molar-refractivity contribution in [2.45, 2.75) is 19.9 Å². The number of ether oxygens (including phenoxy) is 1. The van der Waals surface area contributed by atoms with E-state index < -0.39 is 0 Å². The molecule has 0 aromatic heterocycles. The van der Waals surface area contributed by atoms with E-state index in [1.165, 1.54) is 11.8 Å². The molecule has 1 fully saturated rings. The van der Waals surface area contributed by atoms with Crippen LogP contribution in [0.2, 0.25) is 0 Å². The van der Waals surface area contributed by atoms with Gasteiger partial charge < -0.3 is 20.3 Å². The molecular formula is C22H29FN4O. The molecule has 0 amide bonds. The fourth-order valence-corrected chi connectivity index (χ4v) is 3.16. The minimum absolute atomic E-state index is 0.161. The summed E-state index contributed by atoms with van der Waals surface area (Å²) in [6.45, 7) is 7.49. The molecule has 0 atom stereocenters. The molecule has 0 saturated carbocycles. The lowest BCUT2D eigenvalue weighted by atomic mass is 10.1. The van der Waals surface area contributed by atoms with Gasteiger partial charge in [-0.05, 0) is 42.7 Å². The molecule has 0 spiro atoms. The van der Waals surface area contributed by atoms with E-state index in [9.17, 15) is 4.39 Å². The first kappa shape index (κ1) is 20.1. The van der Waals surface area contributed by atoms with Crippen LogP contribution < -0.4 is 15.5 Å². The van der Waals surface area contributed by atoms with Crippen molar-refractivity contribution < 1.29 is 9.13 Å². The summed E-state index contributed by atoms with van der Waals surface area (Å²) in [6, 6.07) is 15.4. The van der Waals surface area contributed by atoms with Crippen LogP contribution >= 0.6 is 0 Å². The fraction of sp³-hybridized carbons (Fsp3) is 0.409. The van der Waals surface area contributed by atoms with Crippen LogP contribution in [0.5, 0.6) is 0 Å². The lowest BCUT2D eigenvalue weighted by molar-refractivity contribution is 0.122. The number of hydrogen-bond acceptors (Lipinski definition) is 3. The Bertz CT molecular complexity index is 757. The minimum Gasteiger partial charge on any atom is -0.378 e. The number of rotatable bonds is 7. The highest BCUT2D eigenvalue weighted by molar-refractivity contribution is 5.79. The van der Waals surface area contributed by atoms with Gasteiger partial charge >= 0.3 is 0 Å². The maximum atomic E-state index is 13.7. The van der Waals surface area contributed by atoms with Crippen LogP contribution in [-0.4, -0.2) is 45.4 Å². The molecule has 1 aliphatic rings. The summed E-state index contributed by atoms with van der Waals surface area (Å²) in [5.41, 5.74) is 3.10. The Morgan fingerprint density at radius 1 is 1.07 bits per heavy atom. The lowest BCUT2D eigenvalue weighted by Gasteiger charge is -2.28. The second kappa shape index (κ2) is 10.7. The van der Waals surface area contributed by atoms with Crippen molar-refractivity contribution >= 4 is 11.6 Å². The van der Waals surface area contributed by atoms with Crippen LogP contribution in [0.25, 0.3) is 0 Å². The Labute approximate surface area is 166 Å². The largest absolute Gasteiger partial charge is 0.378 e. The number of anilines is 1. The maximum absolute atomic E-state index is 13.7. The summed E-state index contributed by atoms with van der Waals surface area (Å²) in [5.74, 6) is 0.586. The van der Waals surface area contributed by atoms with Gasteiger partial charge in [0.2, 0.25) is 0 Å². The zero-order valence-corrected chi connectivity index (χ0v) is 16.5. The topological polar surface area (TPSA) is 48.9 Å². The molecule has 6 heteroatoms. The summed E-state index contributed by atoms with van der Waals surface area (Å²) >= 11 is 0. The number of hydrogen-bond donors (Lipinski definition) is 2. The molecule has 5 nitrogen and oxygen atoms in total. The number of guanidine groups is 1. The molecule has 0 radical (unpaired) electrons. The lowest BCUT2D eigenvalue weighted by Crippen LogP contribution is -2.38. The smallest absolute Gasteiger partial charge is 0.191 e. The van der Waals surface area contributed by atoms with E-state index in [0.717, 1.165) is 44.4 Å². The monoisotopic (exact) mass is 384 g/mol. The molecule has 2 aromatic carbocycles. The second-order valence-electron chi connectivity index (χ2n) is 6.73. The van der Waals surface area contributed by atoms with Gasteiger partial charge in [0.05, 0.1) is 19.8 Å². The van der Waals surface area contributed by atoms with Gasteiger partial charge in [-0.25, -0.2) is 9.38 Å². The fourth-order valence-electron chi connectivity index (χ4n) is 3.16. The van der Waals surface area contributed by atoms with Crippen LogP contribution in [0.4, 0.5) is 10.1 Å². The molecule has 0 unspecified atom stereocenters. The zero-order valence-electron chi connectivity index (χ0n) is 16.5. The Morgan fingerprint density at radius 3 is 2.54 bits per heavy atom. The van der Waals surface area contributed by atoms with E-state index >= 15 is 0 Å². The number of nitrogens with zero attached hydrogens (tertiary/aromatic N) is 2. The van der Waals surface area contributed by atoms with Crippen molar-refractivity contribution in [2.24, 2.45) is 4.99 Å². The van der Waals surface area contributed by atoms with Crippen molar-refractivity contribution in [1.29, 1.82) is 0 Å². The number of morpholine rings is 1. The number of nitrogens with one attached hydrogen (secondary N) is 2. The third-order valence-electron chi connectivity index (χ3n) is 4.72. The van der Waals surface area contributed by atoms with E-state index in [0.29, 0.717) is 25.1 Å². The van der Waals surface area contributed by atoms with E-state index in [1.807, 2.05) is 19.1 Å². The Morgan fingerprint density at radius 2 is 1.82 bits per heavy atom. The predicted octanol–water partition coefficient (Wildman–Crippen LogP) is 2.96. The van der Waals surface area contributed by atoms with Gasteiger partial charge in [-0.1, -0.05) is 30.3 Å². The summed E-state index contributed by atoms with van der Waals surface area (Å²) in [6.07, 6.45) is 0.616. The SMILES string of the molecule is CCNC(=NCc1ccc(N2CCOCC2)cc1)NCCc1ccccc1F. The Kier molecular flexibility index (Phi) is 7.67. The summed E-state index contributed by atoms with van der Waals surface area (Å²) < 4.78 is 19.1. The molecule has 1 aliphatic heterocycles. The first-order chi connectivity index (χ1) is 13.8. The Balaban J connectivity index is 1.52. The third-order valence-corrected chi connectivity index (χ3v) is 4.72. The van der Waals surface area contributed by atoms with Crippen LogP contribution in [0.3, 0.4) is 0 Å². The summed E-state index contributed by atoms with van der Waals surface area (Å²) in [4.78, 5) is 6.98. The van der Waals surface area contributed by atoms with Gasteiger partial charge in [-0.3, -0.25) is 0 Å². The minimum atomic E-state index is -0.161. The molecule has 0 bridgehead atoms. The van der Waals surface area contributed by atoms with Gasteiger partial charge in [-0.15, -0.1) is 0 Å². The third kappa shape index (κ3) is 5.96. The molecule has 150 valence electrons. The molecule has 0 aliphatic carbocycles. The number of benzene rings is 2. The van der Waals surface area contributed by atoms with Crippen molar-refractivity contribution in [3.8, 4) is 0 Å². The van der Waals surface area contributed by atoms with Crippen molar-refractivity contribution in [3.63, 3.8) is 0 Å². The highest BCUT2D eigenvalue weighted by Crippen LogP contribution is 2.17. The summed E-state index contributed by atoms with van der Waals surface area (Å²) in [7, 11) is 0. The van der Waals surface area contributed by atoms with Gasteiger partial charge in [0.25, 0.3) is 0 Å². The van der Waals surface area contributed by atoms with Crippen molar-refractivity contribution in [1.82, 2.24) is 10.6 Å². The summed E-state index contributed by atoms with van der Waals surface area (Å²) in [5, 5.41) is 6.52. The highest BCUT2D eigenvalue weighted by atomic mass is 19.1. The predicted molar refractivity (Wildman–Crippen MR) is 112 cm³/mol. The number of aliphatic imine (C=N–C) groups is 1. The molecule has 2 aromatic rings. The van der Waals surface area contributed by atoms with Crippen molar-refractivity contribution in [3.05, 3.63) is 65.5 Å². The van der Waals surface area contributed by atoms with Crippen LogP contribution in [0, 0.1) is 5.82 Å². The molecule has 1 heterocycles. The molecular weight excluding hydrogens is 355 g/mol. The average molecular weight is 384 g/mol. The average Bonchev–Trinajstić information content (AvgIpc) is 2.74. The second-order valence-corrected chi connectivity index (χ2v) is 6.73. The number of halogens is 1. The first-order valence-electron chi connectivity index (χ1n) is 9.93. The standard InChI is InChI=1S/C22H29FN4O/c1-2-24-22(25-12-11-19-5-3-4-6-21(19)23)26-17-18-7-9-20(10-8-18)27-13-15-28-16-14-27/h3-10H,2,11-17H2,1H3,(H2,24,25,26). The van der Waals surface area contributed by atoms with Gasteiger partial charge in [-0.2, -0.15) is 0 Å². The van der Waals surface area contributed by atoms with Gasteiger partial charge in [0, 0.05) is 31.9 Å². The van der Waals surface area contributed by atoms with Crippen LogP contribution in [0.1, 0.15) is 18.1 Å².